The Kier molecular flexibility index (Phi) is 7.67. The third kappa shape index (κ3) is 6.89. The Morgan fingerprint density at radius 3 is 2.56 bits per heavy atom. The molecule has 6 aromatic rings. The minimum absolute atomic E-state index is 0.0608. The first kappa shape index (κ1) is 30.0. The molecule has 0 saturated carbocycles. The van der Waals surface area contributed by atoms with Gasteiger partial charge in [0.2, 0.25) is 15.9 Å². The Morgan fingerprint density at radius 1 is 0.956 bits per heavy atom. The maximum atomic E-state index is 14.6. The second kappa shape index (κ2) is 11.5. The van der Waals surface area contributed by atoms with E-state index in [1.807, 2.05) is 45.0 Å². The highest BCUT2D eigenvalue weighted by Gasteiger charge is 2.19. The largest absolute Gasteiger partial charge is 0.336 e. The van der Waals surface area contributed by atoms with Gasteiger partial charge >= 0.3 is 0 Å². The van der Waals surface area contributed by atoms with Crippen LogP contribution in [0.15, 0.2) is 67.1 Å². The average molecular weight is 627 g/mol. The molecule has 4 heterocycles. The van der Waals surface area contributed by atoms with Crippen molar-refractivity contribution in [3.05, 3.63) is 78.5 Å². The van der Waals surface area contributed by atoms with Gasteiger partial charge in [-0.3, -0.25) is 19.9 Å². The predicted octanol–water partition coefficient (Wildman–Crippen LogP) is 5.79. The number of nitrogens with one attached hydrogen (secondary N) is 4. The summed E-state index contributed by atoms with van der Waals surface area (Å²) >= 11 is 0. The minimum atomic E-state index is -3.46. The fraction of sp³-hybridized carbons (Fsp3) is 0.219. The Balaban J connectivity index is 1.34. The number of hydrogen-bond acceptors (Lipinski definition) is 7. The number of imidazole rings is 1. The number of pyridine rings is 2. The van der Waals surface area contributed by atoms with E-state index in [-0.39, 0.29) is 17.9 Å². The van der Waals surface area contributed by atoms with E-state index in [0.29, 0.717) is 51.5 Å². The number of aromatic nitrogens is 6. The van der Waals surface area contributed by atoms with Crippen LogP contribution < -0.4 is 10.0 Å². The lowest BCUT2D eigenvalue weighted by atomic mass is 9.92. The highest BCUT2D eigenvalue weighted by atomic mass is 32.2. The maximum Gasteiger partial charge on any atom is 0.224 e. The molecule has 0 fully saturated rings. The standard InChI is InChI=1S/C32H31FN8O3S/c1-32(2,3)14-27(42)37-23-12-21(16-34-17-23)19-5-6-25-24(13-19)29(41-40-25)31-38-26-7-8-35-28(30(26)39-31)20-9-18(10-22(33)11-20)15-36-45(4,43)44/h5-13,16-17,36H,14-15H2,1-4H3,(H,37,42)(H,38,39)(H,40,41). The normalized spacial score (nSPS) is 12.2. The molecule has 45 heavy (non-hydrogen) atoms. The molecule has 230 valence electrons. The molecule has 13 heteroatoms. The summed E-state index contributed by atoms with van der Waals surface area (Å²) in [6.45, 7) is 5.97. The summed E-state index contributed by atoms with van der Waals surface area (Å²) in [5.41, 5.74) is 6.06. The van der Waals surface area contributed by atoms with Gasteiger partial charge in [0.25, 0.3) is 0 Å². The fourth-order valence-electron chi connectivity index (χ4n) is 5.09. The number of hydrogen-bond donors (Lipinski definition) is 4. The number of halogens is 1. The monoisotopic (exact) mass is 626 g/mol. The van der Waals surface area contributed by atoms with Crippen molar-refractivity contribution in [2.45, 2.75) is 33.7 Å². The lowest BCUT2D eigenvalue weighted by Gasteiger charge is -2.17. The van der Waals surface area contributed by atoms with Gasteiger partial charge in [0.05, 0.1) is 34.9 Å². The number of amides is 1. The van der Waals surface area contributed by atoms with E-state index in [9.17, 15) is 17.6 Å². The third-order valence-corrected chi connectivity index (χ3v) is 7.67. The van der Waals surface area contributed by atoms with Gasteiger partial charge in [0.15, 0.2) is 5.82 Å². The molecule has 0 aliphatic rings. The van der Waals surface area contributed by atoms with Gasteiger partial charge in [-0.1, -0.05) is 26.8 Å². The SMILES string of the molecule is CC(C)(C)CC(=O)Nc1cncc(-c2ccc3[nH]nc(-c4nc5c(-c6cc(F)cc(CNS(C)(=O)=O)c6)nccc5[nH]4)c3c2)c1. The molecule has 0 aliphatic carbocycles. The van der Waals surface area contributed by atoms with Gasteiger partial charge < -0.3 is 10.3 Å². The zero-order chi connectivity index (χ0) is 31.9. The number of rotatable bonds is 8. The highest BCUT2D eigenvalue weighted by Crippen LogP contribution is 2.33. The van der Waals surface area contributed by atoms with Gasteiger partial charge in [-0.15, -0.1) is 0 Å². The molecule has 0 unspecified atom stereocenters. The topological polar surface area (TPSA) is 158 Å². The molecule has 4 aromatic heterocycles. The average Bonchev–Trinajstić information content (AvgIpc) is 3.58. The highest BCUT2D eigenvalue weighted by molar-refractivity contribution is 7.88. The van der Waals surface area contributed by atoms with Crippen LogP contribution in [0, 0.1) is 11.2 Å². The molecule has 11 nitrogen and oxygen atoms in total. The van der Waals surface area contributed by atoms with E-state index in [4.69, 9.17) is 4.98 Å². The third-order valence-electron chi connectivity index (χ3n) is 7.00. The van der Waals surface area contributed by atoms with Crippen LogP contribution in [0.1, 0.15) is 32.8 Å². The number of benzene rings is 2. The quantitative estimate of drug-likeness (QED) is 0.166. The Hall–Kier alpha value is -5.01. The number of carbonyl (C=O) groups is 1. The van der Waals surface area contributed by atoms with Crippen molar-refractivity contribution < 1.29 is 17.6 Å². The van der Waals surface area contributed by atoms with E-state index >= 15 is 0 Å². The van der Waals surface area contributed by atoms with Gasteiger partial charge in [-0.2, -0.15) is 5.10 Å². The van der Waals surface area contributed by atoms with Crippen molar-refractivity contribution >= 4 is 43.6 Å². The number of aromatic amines is 2. The molecule has 0 saturated heterocycles. The van der Waals surface area contributed by atoms with E-state index in [1.165, 1.54) is 12.1 Å². The Labute approximate surface area is 258 Å². The van der Waals surface area contributed by atoms with Crippen LogP contribution in [-0.4, -0.2) is 50.7 Å². The van der Waals surface area contributed by atoms with E-state index < -0.39 is 15.8 Å². The molecule has 0 radical (unpaired) electrons. The zero-order valence-electron chi connectivity index (χ0n) is 25.1. The van der Waals surface area contributed by atoms with Gasteiger partial charge in [-0.25, -0.2) is 22.5 Å². The summed E-state index contributed by atoms with van der Waals surface area (Å²) in [6.07, 6.45) is 6.38. The lowest BCUT2D eigenvalue weighted by molar-refractivity contribution is -0.117. The van der Waals surface area contributed by atoms with Crippen LogP contribution >= 0.6 is 0 Å². The van der Waals surface area contributed by atoms with Crippen molar-refractivity contribution in [2.75, 3.05) is 11.6 Å². The van der Waals surface area contributed by atoms with E-state index in [1.54, 1.807) is 30.7 Å². The molecule has 0 spiro atoms. The van der Waals surface area contributed by atoms with Crippen LogP contribution in [0.3, 0.4) is 0 Å². The molecular weight excluding hydrogens is 595 g/mol. The summed E-state index contributed by atoms with van der Waals surface area (Å²) in [6, 6.07) is 13.8. The maximum absolute atomic E-state index is 14.6. The van der Waals surface area contributed by atoms with Crippen LogP contribution in [0.5, 0.6) is 0 Å². The number of nitrogens with zero attached hydrogens (tertiary/aromatic N) is 4. The first-order valence-corrected chi connectivity index (χ1v) is 16.0. The molecule has 0 atom stereocenters. The van der Waals surface area contributed by atoms with Crippen LogP contribution in [0.2, 0.25) is 0 Å². The summed E-state index contributed by atoms with van der Waals surface area (Å²) in [5.74, 6) is -0.113. The van der Waals surface area contributed by atoms with Crippen molar-refractivity contribution in [1.29, 1.82) is 0 Å². The second-order valence-electron chi connectivity index (χ2n) is 12.2. The van der Waals surface area contributed by atoms with Crippen LogP contribution in [-0.2, 0) is 21.4 Å². The first-order chi connectivity index (χ1) is 21.3. The zero-order valence-corrected chi connectivity index (χ0v) is 25.9. The fourth-order valence-corrected chi connectivity index (χ4v) is 5.52. The number of fused-ring (bicyclic) bond motifs is 2. The molecule has 1 amide bonds. The summed E-state index contributed by atoms with van der Waals surface area (Å²) in [4.78, 5) is 29.4. The summed E-state index contributed by atoms with van der Waals surface area (Å²) in [7, 11) is -3.46. The van der Waals surface area contributed by atoms with Gasteiger partial charge in [0, 0.05) is 41.9 Å². The van der Waals surface area contributed by atoms with Gasteiger partial charge in [0.1, 0.15) is 17.0 Å². The number of carbonyl (C=O) groups excluding carboxylic acids is 1. The first-order valence-electron chi connectivity index (χ1n) is 14.1. The molecule has 0 bridgehead atoms. The van der Waals surface area contributed by atoms with Gasteiger partial charge in [-0.05, 0) is 59.0 Å². The Bertz CT molecular complexity index is 2180. The van der Waals surface area contributed by atoms with E-state index in [2.05, 4.69) is 35.2 Å². The van der Waals surface area contributed by atoms with Crippen molar-refractivity contribution in [3.8, 4) is 33.9 Å². The minimum Gasteiger partial charge on any atom is -0.336 e. The van der Waals surface area contributed by atoms with Crippen LogP contribution in [0.25, 0.3) is 55.8 Å². The molecule has 2 aromatic carbocycles. The molecule has 4 N–H and O–H groups in total. The summed E-state index contributed by atoms with van der Waals surface area (Å²) in [5, 5.41) is 11.3. The molecular formula is C32H31FN8O3S. The number of anilines is 1. The Morgan fingerprint density at radius 2 is 1.78 bits per heavy atom. The van der Waals surface area contributed by atoms with Crippen molar-refractivity contribution in [3.63, 3.8) is 0 Å². The number of sulfonamides is 1. The smallest absolute Gasteiger partial charge is 0.224 e. The number of H-pyrrole nitrogens is 2. The molecule has 0 aliphatic heterocycles. The second-order valence-corrected chi connectivity index (χ2v) is 14.0. The summed E-state index contributed by atoms with van der Waals surface area (Å²) < 4.78 is 40.1. The van der Waals surface area contributed by atoms with Crippen molar-refractivity contribution in [1.82, 2.24) is 34.9 Å². The van der Waals surface area contributed by atoms with Crippen molar-refractivity contribution in [2.24, 2.45) is 5.41 Å². The van der Waals surface area contributed by atoms with Crippen LogP contribution in [0.4, 0.5) is 10.1 Å². The predicted molar refractivity (Wildman–Crippen MR) is 172 cm³/mol. The lowest BCUT2D eigenvalue weighted by Crippen LogP contribution is -2.21. The van der Waals surface area contributed by atoms with E-state index in [0.717, 1.165) is 28.3 Å². The molecule has 6 rings (SSSR count).